The SMILES string of the molecule is COc1cc(N2CCC(CO)C2)ccc1Br. The van der Waals surface area contributed by atoms with Crippen molar-refractivity contribution >= 4 is 21.6 Å². The number of halogens is 1. The molecule has 3 nitrogen and oxygen atoms in total. The first-order valence-corrected chi connectivity index (χ1v) is 6.23. The third-order valence-corrected chi connectivity index (χ3v) is 3.70. The van der Waals surface area contributed by atoms with Crippen LogP contribution in [0.1, 0.15) is 6.42 Å². The maximum Gasteiger partial charge on any atom is 0.135 e. The summed E-state index contributed by atoms with van der Waals surface area (Å²) in [6.45, 7) is 2.22. The summed E-state index contributed by atoms with van der Waals surface area (Å²) >= 11 is 3.44. The summed E-state index contributed by atoms with van der Waals surface area (Å²) in [5, 5.41) is 9.12. The van der Waals surface area contributed by atoms with Gasteiger partial charge in [0.25, 0.3) is 0 Å². The molecule has 1 atom stereocenters. The number of anilines is 1. The number of aliphatic hydroxyl groups excluding tert-OH is 1. The molecule has 1 N–H and O–H groups in total. The van der Waals surface area contributed by atoms with E-state index in [2.05, 4.69) is 26.9 Å². The van der Waals surface area contributed by atoms with Gasteiger partial charge >= 0.3 is 0 Å². The van der Waals surface area contributed by atoms with Crippen LogP contribution in [0, 0.1) is 5.92 Å². The smallest absolute Gasteiger partial charge is 0.135 e. The number of hydrogen-bond donors (Lipinski definition) is 1. The quantitative estimate of drug-likeness (QED) is 0.925. The highest BCUT2D eigenvalue weighted by molar-refractivity contribution is 9.10. The fraction of sp³-hybridized carbons (Fsp3) is 0.500. The summed E-state index contributed by atoms with van der Waals surface area (Å²) in [4.78, 5) is 2.29. The summed E-state index contributed by atoms with van der Waals surface area (Å²) in [7, 11) is 1.67. The molecule has 0 aromatic heterocycles. The Morgan fingerprint density at radius 2 is 2.38 bits per heavy atom. The van der Waals surface area contributed by atoms with Crippen molar-refractivity contribution in [1.82, 2.24) is 0 Å². The highest BCUT2D eigenvalue weighted by atomic mass is 79.9. The number of rotatable bonds is 3. The van der Waals surface area contributed by atoms with Crippen molar-refractivity contribution in [2.45, 2.75) is 6.42 Å². The predicted octanol–water partition coefficient (Wildman–Crippen LogP) is 2.28. The molecule has 2 rings (SSSR count). The van der Waals surface area contributed by atoms with E-state index in [9.17, 15) is 0 Å². The van der Waals surface area contributed by atoms with E-state index < -0.39 is 0 Å². The number of ether oxygens (including phenoxy) is 1. The third-order valence-electron chi connectivity index (χ3n) is 3.04. The maximum atomic E-state index is 9.12. The van der Waals surface area contributed by atoms with E-state index in [1.807, 2.05) is 12.1 Å². The van der Waals surface area contributed by atoms with Crippen LogP contribution in [-0.2, 0) is 0 Å². The Morgan fingerprint density at radius 3 is 3.00 bits per heavy atom. The van der Waals surface area contributed by atoms with Gasteiger partial charge in [-0.05, 0) is 34.5 Å². The van der Waals surface area contributed by atoms with E-state index in [0.717, 1.165) is 35.4 Å². The monoisotopic (exact) mass is 285 g/mol. The van der Waals surface area contributed by atoms with E-state index >= 15 is 0 Å². The van der Waals surface area contributed by atoms with Crippen molar-refractivity contribution in [3.05, 3.63) is 22.7 Å². The molecule has 1 aliphatic rings. The molecule has 1 unspecified atom stereocenters. The highest BCUT2D eigenvalue weighted by Gasteiger charge is 2.22. The topological polar surface area (TPSA) is 32.7 Å². The molecule has 0 bridgehead atoms. The van der Waals surface area contributed by atoms with Gasteiger partial charge in [-0.25, -0.2) is 0 Å². The predicted molar refractivity (Wildman–Crippen MR) is 68.1 cm³/mol. The van der Waals surface area contributed by atoms with Crippen molar-refractivity contribution in [2.24, 2.45) is 5.92 Å². The minimum atomic E-state index is 0.282. The van der Waals surface area contributed by atoms with E-state index in [-0.39, 0.29) is 6.61 Å². The molecule has 0 saturated carbocycles. The molecule has 4 heteroatoms. The van der Waals surface area contributed by atoms with Crippen LogP contribution in [0.4, 0.5) is 5.69 Å². The number of methoxy groups -OCH3 is 1. The van der Waals surface area contributed by atoms with Crippen LogP contribution in [0.3, 0.4) is 0 Å². The van der Waals surface area contributed by atoms with E-state index in [1.54, 1.807) is 7.11 Å². The van der Waals surface area contributed by atoms with Gasteiger partial charge in [0.2, 0.25) is 0 Å². The lowest BCUT2D eigenvalue weighted by Crippen LogP contribution is -2.20. The molecular weight excluding hydrogens is 270 g/mol. The lowest BCUT2D eigenvalue weighted by atomic mass is 10.1. The Morgan fingerprint density at radius 1 is 1.56 bits per heavy atom. The van der Waals surface area contributed by atoms with Crippen LogP contribution < -0.4 is 9.64 Å². The zero-order chi connectivity index (χ0) is 11.5. The largest absolute Gasteiger partial charge is 0.495 e. The van der Waals surface area contributed by atoms with Crippen LogP contribution in [0.25, 0.3) is 0 Å². The Kier molecular flexibility index (Phi) is 3.71. The molecule has 0 radical (unpaired) electrons. The zero-order valence-corrected chi connectivity index (χ0v) is 10.9. The second-order valence-corrected chi connectivity index (χ2v) is 4.96. The van der Waals surface area contributed by atoms with Gasteiger partial charge in [-0.3, -0.25) is 0 Å². The fourth-order valence-corrected chi connectivity index (χ4v) is 2.47. The van der Waals surface area contributed by atoms with Gasteiger partial charge in [0, 0.05) is 37.4 Å². The molecule has 1 aliphatic heterocycles. The molecule has 0 amide bonds. The van der Waals surface area contributed by atoms with Crippen molar-refractivity contribution in [2.75, 3.05) is 31.7 Å². The minimum absolute atomic E-state index is 0.282. The Balaban J connectivity index is 2.15. The molecule has 0 spiro atoms. The average Bonchev–Trinajstić information content (AvgIpc) is 2.78. The third kappa shape index (κ3) is 2.33. The van der Waals surface area contributed by atoms with Gasteiger partial charge in [0.05, 0.1) is 11.6 Å². The van der Waals surface area contributed by atoms with Crippen molar-refractivity contribution < 1.29 is 9.84 Å². The standard InChI is InChI=1S/C12H16BrNO2/c1-16-12-6-10(2-3-11(12)13)14-5-4-9(7-14)8-15/h2-3,6,9,15H,4-5,7-8H2,1H3. The van der Waals surface area contributed by atoms with Gasteiger partial charge < -0.3 is 14.7 Å². The molecule has 1 aromatic carbocycles. The lowest BCUT2D eigenvalue weighted by molar-refractivity contribution is 0.238. The summed E-state index contributed by atoms with van der Waals surface area (Å²) in [6, 6.07) is 6.11. The second kappa shape index (κ2) is 5.06. The molecule has 1 saturated heterocycles. The molecule has 1 heterocycles. The van der Waals surface area contributed by atoms with Crippen molar-refractivity contribution in [1.29, 1.82) is 0 Å². The van der Waals surface area contributed by atoms with Crippen LogP contribution in [-0.4, -0.2) is 31.9 Å². The van der Waals surface area contributed by atoms with E-state index in [0.29, 0.717) is 5.92 Å². The molecule has 1 fully saturated rings. The van der Waals surface area contributed by atoms with Gasteiger partial charge in [-0.15, -0.1) is 0 Å². The number of hydrogen-bond acceptors (Lipinski definition) is 3. The number of benzene rings is 1. The summed E-state index contributed by atoms with van der Waals surface area (Å²) in [5.74, 6) is 1.26. The summed E-state index contributed by atoms with van der Waals surface area (Å²) < 4.78 is 6.24. The highest BCUT2D eigenvalue weighted by Crippen LogP contribution is 2.31. The maximum absolute atomic E-state index is 9.12. The van der Waals surface area contributed by atoms with Gasteiger partial charge in [-0.1, -0.05) is 0 Å². The zero-order valence-electron chi connectivity index (χ0n) is 9.32. The van der Waals surface area contributed by atoms with Crippen LogP contribution in [0.2, 0.25) is 0 Å². The molecule has 0 aliphatic carbocycles. The average molecular weight is 286 g/mol. The first kappa shape index (κ1) is 11.7. The Labute approximate surface area is 104 Å². The molecular formula is C12H16BrNO2. The molecule has 1 aromatic rings. The van der Waals surface area contributed by atoms with E-state index in [4.69, 9.17) is 9.84 Å². The Bertz CT molecular complexity index is 370. The molecule has 88 valence electrons. The Hall–Kier alpha value is -0.740. The van der Waals surface area contributed by atoms with Crippen molar-refractivity contribution in [3.8, 4) is 5.75 Å². The fourth-order valence-electron chi connectivity index (χ4n) is 2.06. The number of nitrogens with zero attached hydrogens (tertiary/aromatic N) is 1. The second-order valence-electron chi connectivity index (χ2n) is 4.10. The van der Waals surface area contributed by atoms with Gasteiger partial charge in [0.15, 0.2) is 0 Å². The van der Waals surface area contributed by atoms with Gasteiger partial charge in [0.1, 0.15) is 5.75 Å². The van der Waals surface area contributed by atoms with Crippen LogP contribution in [0.15, 0.2) is 22.7 Å². The summed E-state index contributed by atoms with van der Waals surface area (Å²) in [5.41, 5.74) is 1.16. The first-order valence-electron chi connectivity index (χ1n) is 5.44. The lowest BCUT2D eigenvalue weighted by Gasteiger charge is -2.19. The first-order chi connectivity index (χ1) is 7.74. The van der Waals surface area contributed by atoms with Crippen LogP contribution >= 0.6 is 15.9 Å². The molecule has 16 heavy (non-hydrogen) atoms. The van der Waals surface area contributed by atoms with Crippen molar-refractivity contribution in [3.63, 3.8) is 0 Å². The van der Waals surface area contributed by atoms with E-state index in [1.165, 1.54) is 0 Å². The number of aliphatic hydroxyl groups is 1. The van der Waals surface area contributed by atoms with Gasteiger partial charge in [-0.2, -0.15) is 0 Å². The minimum Gasteiger partial charge on any atom is -0.495 e. The normalized spacial score (nSPS) is 20.2. The van der Waals surface area contributed by atoms with Crippen LogP contribution in [0.5, 0.6) is 5.75 Å². The summed E-state index contributed by atoms with van der Waals surface area (Å²) in [6.07, 6.45) is 1.06.